The van der Waals surface area contributed by atoms with Crippen LogP contribution in [-0.2, 0) is 6.42 Å². The number of aromatic nitrogens is 3. The Bertz CT molecular complexity index is 1300. The lowest BCUT2D eigenvalue weighted by Gasteiger charge is -2.13. The van der Waals surface area contributed by atoms with E-state index in [2.05, 4.69) is 15.0 Å². The van der Waals surface area contributed by atoms with E-state index in [1.807, 2.05) is 0 Å². The summed E-state index contributed by atoms with van der Waals surface area (Å²) < 4.78 is 34.6. The summed E-state index contributed by atoms with van der Waals surface area (Å²) >= 11 is 0. The molecule has 0 fully saturated rings. The predicted molar refractivity (Wildman–Crippen MR) is 101 cm³/mol. The molecule has 0 saturated heterocycles. The smallest absolute Gasteiger partial charge is 0.296 e. The monoisotopic (exact) mass is 383 g/mol. The molecule has 8 heteroatoms. The van der Waals surface area contributed by atoms with Gasteiger partial charge in [-0.25, -0.2) is 8.78 Å². The van der Waals surface area contributed by atoms with Gasteiger partial charge in [-0.15, -0.1) is 0 Å². The first-order valence-corrected chi connectivity index (χ1v) is 8.51. The van der Waals surface area contributed by atoms with Crippen LogP contribution < -0.4 is 10.3 Å². The molecule has 2 N–H and O–H groups in total. The van der Waals surface area contributed by atoms with Crippen LogP contribution in [0.2, 0.25) is 0 Å². The Labute approximate surface area is 157 Å². The van der Waals surface area contributed by atoms with Crippen LogP contribution in [0.3, 0.4) is 0 Å². The van der Waals surface area contributed by atoms with Gasteiger partial charge < -0.3 is 9.84 Å². The second-order valence-electron chi connectivity index (χ2n) is 6.23. The first-order valence-electron chi connectivity index (χ1n) is 8.51. The molecule has 2 aromatic carbocycles. The number of nitrogens with one attached hydrogen (secondary N) is 1. The van der Waals surface area contributed by atoms with Crippen molar-refractivity contribution in [1.29, 1.82) is 0 Å². The maximum absolute atomic E-state index is 15.3. The number of H-pyrrole nitrogens is 1. The van der Waals surface area contributed by atoms with Crippen molar-refractivity contribution in [3.63, 3.8) is 0 Å². The molecule has 2 heterocycles. The molecule has 0 bridgehead atoms. The van der Waals surface area contributed by atoms with Crippen LogP contribution in [0.15, 0.2) is 35.3 Å². The van der Waals surface area contributed by atoms with Crippen LogP contribution in [0.4, 0.5) is 8.78 Å². The van der Waals surface area contributed by atoms with E-state index in [1.165, 1.54) is 37.6 Å². The Kier molecular flexibility index (Phi) is 4.18. The fraction of sp³-hybridized carbons (Fsp3) is 0.150. The quantitative estimate of drug-likeness (QED) is 0.563. The van der Waals surface area contributed by atoms with E-state index in [4.69, 9.17) is 4.74 Å². The lowest BCUT2D eigenvalue weighted by Crippen LogP contribution is -2.11. The molecule has 0 unspecified atom stereocenters. The van der Waals surface area contributed by atoms with Crippen LogP contribution in [0.1, 0.15) is 12.5 Å². The summed E-state index contributed by atoms with van der Waals surface area (Å²) in [5.41, 5.74) is -0.372. The third kappa shape index (κ3) is 2.65. The van der Waals surface area contributed by atoms with Gasteiger partial charge >= 0.3 is 0 Å². The minimum atomic E-state index is -0.861. The van der Waals surface area contributed by atoms with Gasteiger partial charge in [0.2, 0.25) is 0 Å². The van der Waals surface area contributed by atoms with E-state index >= 15 is 4.39 Å². The fourth-order valence-corrected chi connectivity index (χ4v) is 3.36. The first kappa shape index (κ1) is 17.8. The van der Waals surface area contributed by atoms with Crippen LogP contribution in [0.25, 0.3) is 32.9 Å². The summed E-state index contributed by atoms with van der Waals surface area (Å²) in [6.07, 6.45) is 1.56. The highest BCUT2D eigenvalue weighted by molar-refractivity contribution is 6.00. The van der Waals surface area contributed by atoms with E-state index in [-0.39, 0.29) is 33.9 Å². The molecule has 6 nitrogen and oxygen atoms in total. The number of rotatable bonds is 3. The van der Waals surface area contributed by atoms with Gasteiger partial charge in [-0.3, -0.25) is 14.8 Å². The number of benzene rings is 2. The summed E-state index contributed by atoms with van der Waals surface area (Å²) in [6, 6.07) is 5.47. The van der Waals surface area contributed by atoms with Crippen molar-refractivity contribution in [1.82, 2.24) is 15.0 Å². The van der Waals surface area contributed by atoms with Crippen LogP contribution in [-0.4, -0.2) is 27.2 Å². The zero-order chi connectivity index (χ0) is 20.0. The molecule has 4 rings (SSSR count). The lowest BCUT2D eigenvalue weighted by molar-refractivity contribution is 0.380. The minimum absolute atomic E-state index is 0.0478. The number of nitrogens with zero attached hydrogens (tertiary/aromatic N) is 2. The van der Waals surface area contributed by atoms with E-state index in [0.29, 0.717) is 22.8 Å². The maximum atomic E-state index is 15.3. The molecule has 0 saturated carbocycles. The maximum Gasteiger partial charge on any atom is 0.296 e. The molecule has 0 aliphatic heterocycles. The Balaban J connectivity index is 2.14. The number of aryl methyl sites for hydroxylation is 1. The normalized spacial score (nSPS) is 11.3. The predicted octanol–water partition coefficient (Wildman–Crippen LogP) is 3.69. The van der Waals surface area contributed by atoms with Crippen LogP contribution in [0, 0.1) is 11.6 Å². The highest BCUT2D eigenvalue weighted by atomic mass is 19.1. The summed E-state index contributed by atoms with van der Waals surface area (Å²) in [6.45, 7) is 1.78. The van der Waals surface area contributed by atoms with Crippen LogP contribution in [0.5, 0.6) is 11.8 Å². The highest BCUT2D eigenvalue weighted by Crippen LogP contribution is 2.37. The van der Waals surface area contributed by atoms with E-state index in [0.717, 1.165) is 0 Å². The molecule has 2 aromatic heterocycles. The first-order chi connectivity index (χ1) is 13.4. The van der Waals surface area contributed by atoms with Gasteiger partial charge in [0.05, 0.1) is 12.5 Å². The topological polar surface area (TPSA) is 88.1 Å². The molecule has 0 amide bonds. The van der Waals surface area contributed by atoms with Crippen molar-refractivity contribution in [3.8, 4) is 23.0 Å². The largest absolute Gasteiger partial charge is 0.508 e. The Morgan fingerprint density at radius 2 is 2.04 bits per heavy atom. The van der Waals surface area contributed by atoms with Crippen LogP contribution >= 0.6 is 0 Å². The Morgan fingerprint density at radius 3 is 2.75 bits per heavy atom. The zero-order valence-electron chi connectivity index (χ0n) is 15.0. The third-order valence-corrected chi connectivity index (χ3v) is 4.63. The number of ether oxygens (including phenoxy) is 1. The molecular weight excluding hydrogens is 368 g/mol. The number of hydrogen-bond acceptors (Lipinski definition) is 5. The van der Waals surface area contributed by atoms with E-state index in [1.54, 1.807) is 6.92 Å². The molecule has 0 radical (unpaired) electrons. The van der Waals surface area contributed by atoms with Crippen molar-refractivity contribution < 1.29 is 18.6 Å². The molecule has 0 atom stereocenters. The van der Waals surface area contributed by atoms with Gasteiger partial charge in [-0.2, -0.15) is 4.98 Å². The Hall–Kier alpha value is -3.55. The average Bonchev–Trinajstić information content (AvgIpc) is 2.68. The molecule has 0 aliphatic rings. The molecule has 142 valence electrons. The van der Waals surface area contributed by atoms with Gasteiger partial charge in [0.1, 0.15) is 22.8 Å². The Morgan fingerprint density at radius 1 is 1.25 bits per heavy atom. The number of halogens is 2. The van der Waals surface area contributed by atoms with Crippen molar-refractivity contribution in [3.05, 3.63) is 58.0 Å². The van der Waals surface area contributed by atoms with Gasteiger partial charge in [-0.1, -0.05) is 13.0 Å². The molecular formula is C20H15F2N3O3. The number of phenols is 1. The molecule has 28 heavy (non-hydrogen) atoms. The van der Waals surface area contributed by atoms with Crippen molar-refractivity contribution >= 4 is 21.7 Å². The number of methoxy groups -OCH3 is 1. The third-order valence-electron chi connectivity index (χ3n) is 4.63. The number of phenolic OH excluding ortho intramolecular Hbond substituents is 1. The highest BCUT2D eigenvalue weighted by Gasteiger charge is 2.20. The summed E-state index contributed by atoms with van der Waals surface area (Å²) in [5, 5.41) is 11.0. The SMILES string of the molecule is CCc1c(F)ccc2cc(O)cc(-c3ncc4c(=O)[nH]c(OC)nc4c3F)c12. The molecule has 0 spiro atoms. The van der Waals surface area contributed by atoms with Gasteiger partial charge in [0.15, 0.2) is 5.82 Å². The number of pyridine rings is 1. The van der Waals surface area contributed by atoms with Gasteiger partial charge in [0.25, 0.3) is 11.6 Å². The number of hydrogen-bond donors (Lipinski definition) is 2. The number of aromatic hydroxyl groups is 1. The minimum Gasteiger partial charge on any atom is -0.508 e. The van der Waals surface area contributed by atoms with Crippen molar-refractivity contribution in [2.45, 2.75) is 13.3 Å². The summed E-state index contributed by atoms with van der Waals surface area (Å²) in [4.78, 5) is 22.5. The molecule has 4 aromatic rings. The number of aromatic amines is 1. The fourth-order valence-electron chi connectivity index (χ4n) is 3.36. The standard InChI is InChI=1S/C20H15F2N3O3/c1-3-11-14(21)5-4-9-6-10(26)7-12(15(9)11)17-16(22)18-13(8-23-17)19(27)25-20(24-18)28-2/h4-8,26H,3H2,1-2H3,(H,24,25,27). The summed E-state index contributed by atoms with van der Waals surface area (Å²) in [5.74, 6) is -1.41. The average molecular weight is 383 g/mol. The second-order valence-corrected chi connectivity index (χ2v) is 6.23. The van der Waals surface area contributed by atoms with Crippen molar-refractivity contribution in [2.24, 2.45) is 0 Å². The van der Waals surface area contributed by atoms with E-state index < -0.39 is 17.2 Å². The second kappa shape index (κ2) is 6.56. The van der Waals surface area contributed by atoms with Crippen molar-refractivity contribution in [2.75, 3.05) is 7.11 Å². The number of fused-ring (bicyclic) bond motifs is 2. The molecule has 0 aliphatic carbocycles. The van der Waals surface area contributed by atoms with Gasteiger partial charge in [-0.05, 0) is 41.0 Å². The summed E-state index contributed by atoms with van der Waals surface area (Å²) in [7, 11) is 1.29. The lowest BCUT2D eigenvalue weighted by atomic mass is 9.94. The van der Waals surface area contributed by atoms with E-state index in [9.17, 15) is 14.3 Å². The zero-order valence-corrected chi connectivity index (χ0v) is 15.0. The van der Waals surface area contributed by atoms with Gasteiger partial charge in [0, 0.05) is 11.8 Å².